The van der Waals surface area contributed by atoms with E-state index in [0.717, 1.165) is 6.54 Å². The number of benzene rings is 2. The van der Waals surface area contributed by atoms with E-state index in [9.17, 15) is 0 Å². The van der Waals surface area contributed by atoms with Gasteiger partial charge in [-0.1, -0.05) is 63.2 Å². The van der Waals surface area contributed by atoms with Gasteiger partial charge in [0.1, 0.15) is 0 Å². The fourth-order valence-electron chi connectivity index (χ4n) is 2.60. The lowest BCUT2D eigenvalue weighted by Gasteiger charge is -2.18. The Morgan fingerprint density at radius 3 is 2.14 bits per heavy atom. The number of pyridine rings is 1. The van der Waals surface area contributed by atoms with E-state index in [1.165, 1.54) is 21.9 Å². The van der Waals surface area contributed by atoms with E-state index in [1.54, 1.807) is 0 Å². The van der Waals surface area contributed by atoms with Crippen molar-refractivity contribution < 1.29 is 4.57 Å². The van der Waals surface area contributed by atoms with E-state index in [1.807, 2.05) is 0 Å². The van der Waals surface area contributed by atoms with Crippen LogP contribution in [0.25, 0.3) is 10.8 Å². The predicted molar refractivity (Wildman–Crippen MR) is 88.4 cm³/mol. The number of rotatable bonds is 2. The van der Waals surface area contributed by atoms with E-state index >= 15 is 0 Å². The van der Waals surface area contributed by atoms with E-state index < -0.39 is 0 Å². The van der Waals surface area contributed by atoms with E-state index in [-0.39, 0.29) is 5.41 Å². The molecule has 0 bridgehead atoms. The summed E-state index contributed by atoms with van der Waals surface area (Å²) in [5, 5.41) is 2.57. The second-order valence-electron chi connectivity index (χ2n) is 6.69. The number of hydrogen-bond donors (Lipinski definition) is 0. The first-order valence-electron chi connectivity index (χ1n) is 7.50. The molecule has 1 aromatic heterocycles. The third-order valence-corrected chi connectivity index (χ3v) is 3.93. The molecule has 0 unspecified atom stereocenters. The van der Waals surface area contributed by atoms with Gasteiger partial charge < -0.3 is 0 Å². The Kier molecular flexibility index (Phi) is 3.50. The molecule has 0 radical (unpaired) electrons. The van der Waals surface area contributed by atoms with Gasteiger partial charge in [0.2, 0.25) is 0 Å². The molecule has 2 aromatic carbocycles. The molecule has 3 aromatic rings. The maximum atomic E-state index is 2.25. The molecular weight excluding hydrogens is 254 g/mol. The van der Waals surface area contributed by atoms with Crippen LogP contribution >= 0.6 is 0 Å². The highest BCUT2D eigenvalue weighted by Gasteiger charge is 2.13. The van der Waals surface area contributed by atoms with Gasteiger partial charge in [0.25, 0.3) is 0 Å². The summed E-state index contributed by atoms with van der Waals surface area (Å²) in [4.78, 5) is 0. The van der Waals surface area contributed by atoms with Crippen LogP contribution in [0.5, 0.6) is 0 Å². The third kappa shape index (κ3) is 3.13. The van der Waals surface area contributed by atoms with Gasteiger partial charge in [0.05, 0.1) is 0 Å². The van der Waals surface area contributed by atoms with Crippen LogP contribution in [-0.4, -0.2) is 0 Å². The first-order valence-corrected chi connectivity index (χ1v) is 7.50. The lowest BCUT2D eigenvalue weighted by molar-refractivity contribution is -0.687. The molecule has 0 saturated heterocycles. The van der Waals surface area contributed by atoms with Crippen LogP contribution in [0.2, 0.25) is 0 Å². The minimum absolute atomic E-state index is 0.217. The van der Waals surface area contributed by atoms with Crippen LogP contribution in [0.3, 0.4) is 0 Å². The lowest BCUT2D eigenvalue weighted by Crippen LogP contribution is -2.33. The van der Waals surface area contributed by atoms with Gasteiger partial charge in [-0.2, -0.15) is 0 Å². The number of hydrogen-bond acceptors (Lipinski definition) is 0. The molecule has 3 rings (SSSR count). The van der Waals surface area contributed by atoms with Gasteiger partial charge in [-0.15, -0.1) is 0 Å². The Hall–Kier alpha value is -2.15. The average molecular weight is 276 g/mol. The van der Waals surface area contributed by atoms with Gasteiger partial charge in [-0.3, -0.25) is 0 Å². The summed E-state index contributed by atoms with van der Waals surface area (Å²) in [7, 11) is 0. The van der Waals surface area contributed by atoms with Crippen molar-refractivity contribution in [1.82, 2.24) is 0 Å². The summed E-state index contributed by atoms with van der Waals surface area (Å²) in [5.41, 5.74) is 2.94. The van der Waals surface area contributed by atoms with Crippen LogP contribution < -0.4 is 4.57 Å². The maximum Gasteiger partial charge on any atom is 0.176 e. The number of fused-ring (bicyclic) bond motifs is 1. The SMILES string of the molecule is CC(C)(C)c1ccc(C[n+]2ccc3ccccc3c2)cc1. The van der Waals surface area contributed by atoms with Gasteiger partial charge in [0, 0.05) is 17.0 Å². The maximum absolute atomic E-state index is 2.25. The molecule has 1 nitrogen and oxygen atoms in total. The Labute approximate surface area is 126 Å². The molecule has 0 atom stereocenters. The number of nitrogens with zero attached hydrogens (tertiary/aromatic N) is 1. The summed E-state index contributed by atoms with van der Waals surface area (Å²) in [5.74, 6) is 0. The summed E-state index contributed by atoms with van der Waals surface area (Å²) in [6.45, 7) is 7.66. The molecule has 0 amide bonds. The monoisotopic (exact) mass is 276 g/mol. The average Bonchev–Trinajstić information content (AvgIpc) is 2.47. The first-order chi connectivity index (χ1) is 10.0. The van der Waals surface area contributed by atoms with Crippen molar-refractivity contribution in [2.24, 2.45) is 0 Å². The van der Waals surface area contributed by atoms with Crippen LogP contribution in [0.4, 0.5) is 0 Å². The highest BCUT2D eigenvalue weighted by molar-refractivity contribution is 5.80. The Morgan fingerprint density at radius 2 is 1.48 bits per heavy atom. The molecule has 0 aliphatic heterocycles. The molecule has 21 heavy (non-hydrogen) atoms. The van der Waals surface area contributed by atoms with Crippen LogP contribution in [0.1, 0.15) is 31.9 Å². The van der Waals surface area contributed by atoms with Crippen molar-refractivity contribution in [3.8, 4) is 0 Å². The van der Waals surface area contributed by atoms with Crippen molar-refractivity contribution in [3.63, 3.8) is 0 Å². The van der Waals surface area contributed by atoms with Crippen molar-refractivity contribution in [2.75, 3.05) is 0 Å². The molecule has 0 spiro atoms. The zero-order valence-corrected chi connectivity index (χ0v) is 13.0. The molecule has 0 aliphatic rings. The summed E-state index contributed by atoms with van der Waals surface area (Å²) < 4.78 is 2.24. The quantitative estimate of drug-likeness (QED) is 0.608. The van der Waals surface area contributed by atoms with Crippen LogP contribution in [0, 0.1) is 0 Å². The standard InChI is InChI=1S/C20H22N/c1-20(2,3)19-10-8-16(9-11-19)14-21-13-12-17-6-4-5-7-18(17)15-21/h4-13,15H,14H2,1-3H3/q+1. The van der Waals surface area contributed by atoms with E-state index in [0.29, 0.717) is 0 Å². The normalized spacial score (nSPS) is 11.8. The van der Waals surface area contributed by atoms with E-state index in [2.05, 4.69) is 92.3 Å². The van der Waals surface area contributed by atoms with Crippen molar-refractivity contribution in [3.05, 3.63) is 78.1 Å². The second-order valence-corrected chi connectivity index (χ2v) is 6.69. The first kappa shape index (κ1) is 13.8. The zero-order valence-electron chi connectivity index (χ0n) is 13.0. The third-order valence-electron chi connectivity index (χ3n) is 3.93. The fraction of sp³-hybridized carbons (Fsp3) is 0.250. The van der Waals surface area contributed by atoms with Gasteiger partial charge in [-0.25, -0.2) is 4.57 Å². The van der Waals surface area contributed by atoms with Gasteiger partial charge in [-0.05, 0) is 22.4 Å². The minimum Gasteiger partial charge on any atom is -0.200 e. The number of aromatic nitrogens is 1. The fourth-order valence-corrected chi connectivity index (χ4v) is 2.60. The minimum atomic E-state index is 0.217. The molecule has 1 heterocycles. The molecular formula is C20H22N+. The largest absolute Gasteiger partial charge is 0.200 e. The Bertz CT molecular complexity index is 749. The summed E-state index contributed by atoms with van der Waals surface area (Å²) >= 11 is 0. The van der Waals surface area contributed by atoms with Crippen LogP contribution in [-0.2, 0) is 12.0 Å². The van der Waals surface area contributed by atoms with Crippen LogP contribution in [0.15, 0.2) is 67.0 Å². The van der Waals surface area contributed by atoms with Gasteiger partial charge in [0.15, 0.2) is 18.9 Å². The Morgan fingerprint density at radius 1 is 0.810 bits per heavy atom. The van der Waals surface area contributed by atoms with Crippen molar-refractivity contribution >= 4 is 10.8 Å². The van der Waals surface area contributed by atoms with Crippen molar-refractivity contribution in [1.29, 1.82) is 0 Å². The summed E-state index contributed by atoms with van der Waals surface area (Å²) in [6, 6.07) is 19.6. The molecule has 106 valence electrons. The summed E-state index contributed by atoms with van der Waals surface area (Å²) in [6.07, 6.45) is 4.37. The smallest absolute Gasteiger partial charge is 0.176 e. The highest BCUT2D eigenvalue weighted by atomic mass is 14.9. The highest BCUT2D eigenvalue weighted by Crippen LogP contribution is 2.22. The van der Waals surface area contributed by atoms with Gasteiger partial charge >= 0.3 is 0 Å². The second kappa shape index (κ2) is 5.33. The molecule has 0 saturated carbocycles. The molecule has 0 aliphatic carbocycles. The van der Waals surface area contributed by atoms with Crippen molar-refractivity contribution in [2.45, 2.75) is 32.7 Å². The predicted octanol–water partition coefficient (Wildman–Crippen LogP) is 4.47. The zero-order chi connectivity index (χ0) is 14.9. The molecule has 1 heteroatoms. The molecule has 0 N–H and O–H groups in total. The Balaban J connectivity index is 1.84. The molecule has 0 fully saturated rings. The van der Waals surface area contributed by atoms with E-state index in [4.69, 9.17) is 0 Å². The lowest BCUT2D eigenvalue weighted by atomic mass is 9.87. The topological polar surface area (TPSA) is 3.88 Å².